The number of imide groups is 1. The molecule has 1 aromatic carbocycles. The predicted molar refractivity (Wildman–Crippen MR) is 107 cm³/mol. The minimum atomic E-state index is -0.361. The molecule has 3 heterocycles. The van der Waals surface area contributed by atoms with Gasteiger partial charge in [-0.15, -0.1) is 12.4 Å². The zero-order valence-corrected chi connectivity index (χ0v) is 16.4. The number of carbonyl (C=O) groups excluding carboxylic acids is 2. The lowest BCUT2D eigenvalue weighted by atomic mass is 9.92. The van der Waals surface area contributed by atoms with Crippen LogP contribution in [0.5, 0.6) is 0 Å². The van der Waals surface area contributed by atoms with Crippen LogP contribution in [0, 0.1) is 5.92 Å². The molecular formula is C19H26ClN5O2. The van der Waals surface area contributed by atoms with Crippen LogP contribution in [0.25, 0.3) is 10.9 Å². The first-order chi connectivity index (χ1) is 12.5. The van der Waals surface area contributed by atoms with Crippen LogP contribution in [0.1, 0.15) is 37.8 Å². The Morgan fingerprint density at radius 1 is 1.26 bits per heavy atom. The van der Waals surface area contributed by atoms with Crippen molar-refractivity contribution in [1.82, 2.24) is 20.4 Å². The van der Waals surface area contributed by atoms with Gasteiger partial charge in [-0.3, -0.25) is 19.6 Å². The van der Waals surface area contributed by atoms with Crippen LogP contribution in [0.2, 0.25) is 0 Å². The Hall–Kier alpha value is -2.12. The molecule has 0 spiro atoms. The standard InChI is InChI=1S/C19H25N5O2.ClH/c1-11-10-20-8-7-15(11)21-12-3-4-13-16(9-12)24(2)23-18(13)14-5-6-17(25)22-19(14)26;/h3-4,9,11,14-15,20-21H,5-8,10H2,1-2H3,(H,22,25,26);1H/t11-,14?,15-;/m1./s1. The summed E-state index contributed by atoms with van der Waals surface area (Å²) in [6, 6.07) is 6.66. The molecule has 0 bridgehead atoms. The maximum Gasteiger partial charge on any atom is 0.235 e. The Kier molecular flexibility index (Phi) is 5.72. The number of anilines is 1. The maximum atomic E-state index is 12.2. The van der Waals surface area contributed by atoms with Crippen molar-refractivity contribution in [2.75, 3.05) is 18.4 Å². The van der Waals surface area contributed by atoms with E-state index in [0.29, 0.717) is 24.8 Å². The molecule has 2 amide bonds. The topological polar surface area (TPSA) is 88.0 Å². The van der Waals surface area contributed by atoms with Crippen LogP contribution in [0.15, 0.2) is 18.2 Å². The molecule has 4 rings (SSSR count). The molecule has 0 radical (unpaired) electrons. The van der Waals surface area contributed by atoms with E-state index >= 15 is 0 Å². The predicted octanol–water partition coefficient (Wildman–Crippen LogP) is 1.93. The Morgan fingerprint density at radius 3 is 2.81 bits per heavy atom. The summed E-state index contributed by atoms with van der Waals surface area (Å²) in [7, 11) is 1.90. The average Bonchev–Trinajstić information content (AvgIpc) is 2.93. The number of rotatable bonds is 3. The number of fused-ring (bicyclic) bond motifs is 1. The van der Waals surface area contributed by atoms with Gasteiger partial charge in [0.1, 0.15) is 0 Å². The van der Waals surface area contributed by atoms with Gasteiger partial charge in [0.25, 0.3) is 0 Å². The molecule has 2 aromatic rings. The van der Waals surface area contributed by atoms with Gasteiger partial charge in [-0.1, -0.05) is 6.92 Å². The summed E-state index contributed by atoms with van der Waals surface area (Å²) >= 11 is 0. The van der Waals surface area contributed by atoms with E-state index in [9.17, 15) is 9.59 Å². The molecule has 7 nitrogen and oxygen atoms in total. The minimum Gasteiger partial charge on any atom is -0.382 e. The molecule has 146 valence electrons. The van der Waals surface area contributed by atoms with E-state index in [4.69, 9.17) is 0 Å². The first-order valence-electron chi connectivity index (χ1n) is 9.30. The van der Waals surface area contributed by atoms with E-state index in [2.05, 4.69) is 40.1 Å². The second-order valence-electron chi connectivity index (χ2n) is 7.47. The monoisotopic (exact) mass is 391 g/mol. The smallest absolute Gasteiger partial charge is 0.235 e. The van der Waals surface area contributed by atoms with Crippen molar-refractivity contribution in [3.63, 3.8) is 0 Å². The third-order valence-electron chi connectivity index (χ3n) is 5.59. The Morgan fingerprint density at radius 2 is 2.07 bits per heavy atom. The molecule has 2 saturated heterocycles. The van der Waals surface area contributed by atoms with Crippen LogP contribution >= 0.6 is 12.4 Å². The normalized spacial score (nSPS) is 25.8. The lowest BCUT2D eigenvalue weighted by Gasteiger charge is -2.31. The van der Waals surface area contributed by atoms with Crippen LogP contribution in [0.3, 0.4) is 0 Å². The summed E-state index contributed by atoms with van der Waals surface area (Å²) in [5.74, 6) is -0.231. The van der Waals surface area contributed by atoms with Crippen LogP contribution in [-0.4, -0.2) is 40.7 Å². The number of piperidine rings is 2. The highest BCUT2D eigenvalue weighted by Gasteiger charge is 2.31. The summed E-state index contributed by atoms with van der Waals surface area (Å²) in [4.78, 5) is 23.6. The summed E-state index contributed by atoms with van der Waals surface area (Å²) < 4.78 is 1.82. The number of carbonyl (C=O) groups is 2. The fourth-order valence-electron chi connectivity index (χ4n) is 4.03. The number of nitrogens with zero attached hydrogens (tertiary/aromatic N) is 2. The maximum absolute atomic E-state index is 12.2. The molecule has 3 N–H and O–H groups in total. The van der Waals surface area contributed by atoms with Gasteiger partial charge in [0, 0.05) is 30.6 Å². The molecule has 0 saturated carbocycles. The number of aryl methyl sites for hydroxylation is 1. The summed E-state index contributed by atoms with van der Waals surface area (Å²) in [6.45, 7) is 4.33. The molecule has 0 aliphatic carbocycles. The number of nitrogens with one attached hydrogen (secondary N) is 3. The van der Waals surface area contributed by atoms with Crippen LogP contribution < -0.4 is 16.0 Å². The minimum absolute atomic E-state index is 0. The van der Waals surface area contributed by atoms with E-state index in [1.165, 1.54) is 0 Å². The molecule has 1 unspecified atom stereocenters. The summed E-state index contributed by atoms with van der Waals surface area (Å²) in [5, 5.41) is 15.1. The van der Waals surface area contributed by atoms with E-state index in [0.717, 1.165) is 41.8 Å². The SMILES string of the molecule is C[C@@H]1CNCC[C@H]1Nc1ccc2c(C3CCC(=O)NC3=O)nn(C)c2c1.Cl. The van der Waals surface area contributed by atoms with E-state index in [-0.39, 0.29) is 30.1 Å². The van der Waals surface area contributed by atoms with Crippen molar-refractivity contribution in [1.29, 1.82) is 0 Å². The Balaban J connectivity index is 0.00000210. The van der Waals surface area contributed by atoms with Crippen molar-refractivity contribution in [2.45, 2.75) is 38.1 Å². The Labute approximate surface area is 164 Å². The highest BCUT2D eigenvalue weighted by Crippen LogP contribution is 2.32. The van der Waals surface area contributed by atoms with Gasteiger partial charge in [0.2, 0.25) is 11.8 Å². The highest BCUT2D eigenvalue weighted by molar-refractivity contribution is 6.02. The number of halogens is 1. The summed E-state index contributed by atoms with van der Waals surface area (Å²) in [5.41, 5.74) is 2.83. The van der Waals surface area contributed by atoms with Crippen LogP contribution in [0.4, 0.5) is 5.69 Å². The molecule has 1 aromatic heterocycles. The third kappa shape index (κ3) is 3.80. The van der Waals surface area contributed by atoms with Crippen molar-refractivity contribution < 1.29 is 9.59 Å². The lowest BCUT2D eigenvalue weighted by molar-refractivity contribution is -0.134. The van der Waals surface area contributed by atoms with E-state index < -0.39 is 0 Å². The van der Waals surface area contributed by atoms with Gasteiger partial charge < -0.3 is 10.6 Å². The number of aromatic nitrogens is 2. The quantitative estimate of drug-likeness (QED) is 0.696. The molecule has 2 fully saturated rings. The number of benzene rings is 1. The number of hydrogen-bond acceptors (Lipinski definition) is 5. The average molecular weight is 392 g/mol. The first kappa shape index (κ1) is 19.6. The van der Waals surface area contributed by atoms with Crippen molar-refractivity contribution in [3.05, 3.63) is 23.9 Å². The molecular weight excluding hydrogens is 366 g/mol. The van der Waals surface area contributed by atoms with Gasteiger partial charge in [0.05, 0.1) is 17.1 Å². The zero-order valence-electron chi connectivity index (χ0n) is 15.6. The second kappa shape index (κ2) is 7.86. The fraction of sp³-hybridized carbons (Fsp3) is 0.526. The lowest BCUT2D eigenvalue weighted by Crippen LogP contribution is -2.42. The second-order valence-corrected chi connectivity index (χ2v) is 7.47. The van der Waals surface area contributed by atoms with Crippen molar-refractivity contribution in [3.8, 4) is 0 Å². The van der Waals surface area contributed by atoms with Crippen molar-refractivity contribution >= 4 is 40.8 Å². The van der Waals surface area contributed by atoms with Gasteiger partial charge in [-0.2, -0.15) is 5.10 Å². The molecule has 2 aliphatic heterocycles. The number of amides is 2. The van der Waals surface area contributed by atoms with Gasteiger partial charge in [-0.25, -0.2) is 0 Å². The third-order valence-corrected chi connectivity index (χ3v) is 5.59. The van der Waals surface area contributed by atoms with Gasteiger partial charge in [-0.05, 0) is 50.0 Å². The first-order valence-corrected chi connectivity index (χ1v) is 9.30. The van der Waals surface area contributed by atoms with Crippen LogP contribution in [-0.2, 0) is 16.6 Å². The molecule has 27 heavy (non-hydrogen) atoms. The van der Waals surface area contributed by atoms with E-state index in [1.54, 1.807) is 0 Å². The fourth-order valence-corrected chi connectivity index (χ4v) is 4.03. The van der Waals surface area contributed by atoms with Gasteiger partial charge in [0.15, 0.2) is 0 Å². The molecule has 8 heteroatoms. The Bertz CT molecular complexity index is 865. The summed E-state index contributed by atoms with van der Waals surface area (Å²) in [6.07, 6.45) is 1.98. The largest absolute Gasteiger partial charge is 0.382 e. The zero-order chi connectivity index (χ0) is 18.3. The van der Waals surface area contributed by atoms with E-state index in [1.807, 2.05) is 17.8 Å². The molecule has 2 aliphatic rings. The van der Waals surface area contributed by atoms with Gasteiger partial charge >= 0.3 is 0 Å². The van der Waals surface area contributed by atoms with Crippen molar-refractivity contribution in [2.24, 2.45) is 13.0 Å². The highest BCUT2D eigenvalue weighted by atomic mass is 35.5. The molecule has 3 atom stereocenters. The number of hydrogen-bond donors (Lipinski definition) is 3.